The van der Waals surface area contributed by atoms with Crippen molar-refractivity contribution in [2.45, 2.75) is 24.6 Å². The van der Waals surface area contributed by atoms with Crippen LogP contribution >= 0.6 is 11.8 Å². The molecule has 0 aliphatic heterocycles. The summed E-state index contributed by atoms with van der Waals surface area (Å²) in [5, 5.41) is 15.9. The normalized spacial score (nSPS) is 12.7. The molecule has 0 spiro atoms. The summed E-state index contributed by atoms with van der Waals surface area (Å²) < 4.78 is 3.05. The van der Waals surface area contributed by atoms with Crippen molar-refractivity contribution in [3.63, 3.8) is 0 Å². The smallest absolute Gasteiger partial charge is 0.265 e. The third kappa shape index (κ3) is 2.77. The van der Waals surface area contributed by atoms with Gasteiger partial charge in [-0.05, 0) is 24.3 Å². The SMILES string of the molecule is CSc1nn(C)c2ncn(C[C@H](O)c3ccccc3C)c(=O)c12. The van der Waals surface area contributed by atoms with E-state index in [1.807, 2.05) is 37.4 Å². The largest absolute Gasteiger partial charge is 0.387 e. The molecule has 3 rings (SSSR count). The molecule has 120 valence electrons. The van der Waals surface area contributed by atoms with Crippen LogP contribution in [-0.4, -0.2) is 30.7 Å². The molecule has 6 nitrogen and oxygen atoms in total. The minimum Gasteiger partial charge on any atom is -0.387 e. The van der Waals surface area contributed by atoms with E-state index >= 15 is 0 Å². The summed E-state index contributed by atoms with van der Waals surface area (Å²) >= 11 is 1.41. The zero-order valence-electron chi connectivity index (χ0n) is 13.2. The minimum absolute atomic E-state index is 0.162. The van der Waals surface area contributed by atoms with Crippen LogP contribution in [0.25, 0.3) is 11.0 Å². The van der Waals surface area contributed by atoms with E-state index in [0.717, 1.165) is 11.1 Å². The van der Waals surface area contributed by atoms with E-state index in [0.29, 0.717) is 16.1 Å². The Morgan fingerprint density at radius 2 is 2.09 bits per heavy atom. The first-order chi connectivity index (χ1) is 11.0. The van der Waals surface area contributed by atoms with Gasteiger partial charge in [0, 0.05) is 7.05 Å². The van der Waals surface area contributed by atoms with Crippen molar-refractivity contribution < 1.29 is 5.11 Å². The molecular weight excluding hydrogens is 312 g/mol. The van der Waals surface area contributed by atoms with Crippen LogP contribution in [0, 0.1) is 6.92 Å². The standard InChI is InChI=1S/C16H18N4O2S/c1-10-6-4-5-7-11(10)12(21)8-20-9-17-14-13(16(20)22)15(23-3)18-19(14)2/h4-7,9,12,21H,8H2,1-3H3/t12-/m0/s1. The Hall–Kier alpha value is -2.12. The molecule has 23 heavy (non-hydrogen) atoms. The first kappa shape index (κ1) is 15.8. The van der Waals surface area contributed by atoms with Crippen molar-refractivity contribution in [2.75, 3.05) is 6.26 Å². The van der Waals surface area contributed by atoms with Crippen LogP contribution in [0.15, 0.2) is 40.4 Å². The molecule has 0 bridgehead atoms. The molecule has 0 radical (unpaired) electrons. The maximum atomic E-state index is 12.7. The number of fused-ring (bicyclic) bond motifs is 1. The zero-order valence-corrected chi connectivity index (χ0v) is 14.0. The third-order valence-electron chi connectivity index (χ3n) is 3.89. The highest BCUT2D eigenvalue weighted by molar-refractivity contribution is 7.98. The van der Waals surface area contributed by atoms with Gasteiger partial charge in [0.2, 0.25) is 0 Å². The summed E-state index contributed by atoms with van der Waals surface area (Å²) in [4.78, 5) is 17.0. The molecule has 0 amide bonds. The summed E-state index contributed by atoms with van der Waals surface area (Å²) in [6.07, 6.45) is 2.58. The summed E-state index contributed by atoms with van der Waals surface area (Å²) in [6.45, 7) is 2.10. The molecule has 2 heterocycles. The molecule has 2 aromatic heterocycles. The van der Waals surface area contributed by atoms with Crippen molar-refractivity contribution in [3.05, 3.63) is 52.1 Å². The fourth-order valence-electron chi connectivity index (χ4n) is 2.66. The molecule has 1 atom stereocenters. The lowest BCUT2D eigenvalue weighted by molar-refractivity contribution is 0.154. The number of aromatic nitrogens is 4. The van der Waals surface area contributed by atoms with Gasteiger partial charge in [-0.15, -0.1) is 11.8 Å². The molecular formula is C16H18N4O2S. The van der Waals surface area contributed by atoms with Crippen molar-refractivity contribution in [2.24, 2.45) is 7.05 Å². The zero-order chi connectivity index (χ0) is 16.6. The van der Waals surface area contributed by atoms with E-state index in [1.54, 1.807) is 11.7 Å². The van der Waals surface area contributed by atoms with Crippen LogP contribution < -0.4 is 5.56 Å². The van der Waals surface area contributed by atoms with Crippen molar-refractivity contribution in [3.8, 4) is 0 Å². The Balaban J connectivity index is 2.03. The van der Waals surface area contributed by atoms with Crippen molar-refractivity contribution in [1.82, 2.24) is 19.3 Å². The van der Waals surface area contributed by atoms with Gasteiger partial charge >= 0.3 is 0 Å². The van der Waals surface area contributed by atoms with Crippen LogP contribution in [0.2, 0.25) is 0 Å². The molecule has 0 aliphatic carbocycles. The molecule has 7 heteroatoms. The van der Waals surface area contributed by atoms with E-state index in [2.05, 4.69) is 10.1 Å². The van der Waals surface area contributed by atoms with Gasteiger partial charge in [-0.25, -0.2) is 9.67 Å². The van der Waals surface area contributed by atoms with E-state index in [9.17, 15) is 9.90 Å². The number of aryl methyl sites for hydroxylation is 2. The molecule has 1 N–H and O–H groups in total. The lowest BCUT2D eigenvalue weighted by atomic mass is 10.0. The Morgan fingerprint density at radius 1 is 1.35 bits per heavy atom. The number of hydrogen-bond acceptors (Lipinski definition) is 5. The van der Waals surface area contributed by atoms with Gasteiger partial charge < -0.3 is 5.11 Å². The fourth-order valence-corrected chi connectivity index (χ4v) is 3.25. The Bertz CT molecular complexity index is 916. The lowest BCUT2D eigenvalue weighted by Gasteiger charge is -2.15. The van der Waals surface area contributed by atoms with E-state index in [4.69, 9.17) is 0 Å². The lowest BCUT2D eigenvalue weighted by Crippen LogP contribution is -2.24. The highest BCUT2D eigenvalue weighted by Crippen LogP contribution is 2.22. The fraction of sp³-hybridized carbons (Fsp3) is 0.312. The van der Waals surface area contributed by atoms with Crippen LogP contribution in [0.4, 0.5) is 0 Å². The molecule has 1 aromatic carbocycles. The highest BCUT2D eigenvalue weighted by Gasteiger charge is 2.17. The molecule has 0 aliphatic rings. The summed E-state index contributed by atoms with van der Waals surface area (Å²) in [7, 11) is 1.76. The minimum atomic E-state index is -0.762. The first-order valence-electron chi connectivity index (χ1n) is 7.22. The van der Waals surface area contributed by atoms with Crippen LogP contribution in [0.1, 0.15) is 17.2 Å². The number of aliphatic hydroxyl groups is 1. The molecule has 0 unspecified atom stereocenters. The van der Waals surface area contributed by atoms with Gasteiger partial charge in [-0.3, -0.25) is 9.36 Å². The van der Waals surface area contributed by atoms with Crippen LogP contribution in [0.5, 0.6) is 0 Å². The Labute approximate surface area is 137 Å². The second-order valence-corrected chi connectivity index (χ2v) is 6.20. The predicted molar refractivity (Wildman–Crippen MR) is 90.7 cm³/mol. The highest BCUT2D eigenvalue weighted by atomic mass is 32.2. The number of aliphatic hydroxyl groups excluding tert-OH is 1. The maximum absolute atomic E-state index is 12.7. The van der Waals surface area contributed by atoms with Gasteiger partial charge in [-0.2, -0.15) is 5.10 Å². The predicted octanol–water partition coefficient (Wildman–Crippen LogP) is 1.89. The van der Waals surface area contributed by atoms with Gasteiger partial charge in [0.15, 0.2) is 5.65 Å². The monoisotopic (exact) mass is 330 g/mol. The number of hydrogen-bond donors (Lipinski definition) is 1. The van der Waals surface area contributed by atoms with Gasteiger partial charge in [0.25, 0.3) is 5.56 Å². The van der Waals surface area contributed by atoms with Gasteiger partial charge in [0.05, 0.1) is 12.6 Å². The summed E-state index contributed by atoms with van der Waals surface area (Å²) in [5.41, 5.74) is 2.19. The van der Waals surface area contributed by atoms with E-state index in [1.165, 1.54) is 22.7 Å². The number of thioether (sulfide) groups is 1. The second kappa shape index (κ2) is 6.17. The molecule has 3 aromatic rings. The number of nitrogens with zero attached hydrogens (tertiary/aromatic N) is 4. The molecule has 0 saturated heterocycles. The first-order valence-corrected chi connectivity index (χ1v) is 8.45. The quantitative estimate of drug-likeness (QED) is 0.740. The van der Waals surface area contributed by atoms with E-state index < -0.39 is 6.10 Å². The van der Waals surface area contributed by atoms with Gasteiger partial charge in [0.1, 0.15) is 16.7 Å². The summed E-state index contributed by atoms with van der Waals surface area (Å²) in [6, 6.07) is 7.61. The Kier molecular flexibility index (Phi) is 4.23. The van der Waals surface area contributed by atoms with Crippen LogP contribution in [0.3, 0.4) is 0 Å². The van der Waals surface area contributed by atoms with Crippen LogP contribution in [-0.2, 0) is 13.6 Å². The maximum Gasteiger partial charge on any atom is 0.265 e. The molecule has 0 fully saturated rings. The van der Waals surface area contributed by atoms with E-state index in [-0.39, 0.29) is 12.1 Å². The van der Waals surface area contributed by atoms with Gasteiger partial charge in [-0.1, -0.05) is 24.3 Å². The number of rotatable bonds is 4. The number of benzene rings is 1. The van der Waals surface area contributed by atoms with Crippen molar-refractivity contribution >= 4 is 22.8 Å². The Morgan fingerprint density at radius 3 is 2.78 bits per heavy atom. The average molecular weight is 330 g/mol. The van der Waals surface area contributed by atoms with Crippen molar-refractivity contribution in [1.29, 1.82) is 0 Å². The molecule has 0 saturated carbocycles. The average Bonchev–Trinajstić information content (AvgIpc) is 2.87. The second-order valence-electron chi connectivity index (χ2n) is 5.41. The topological polar surface area (TPSA) is 72.9 Å². The summed E-state index contributed by atoms with van der Waals surface area (Å²) in [5.74, 6) is 0. The third-order valence-corrected chi connectivity index (χ3v) is 4.56.